The fraction of sp³-hybridized carbons (Fsp3) is 0.632. The van der Waals surface area contributed by atoms with E-state index in [4.69, 9.17) is 4.98 Å². The number of fused-ring (bicyclic) bond motifs is 1. The van der Waals surface area contributed by atoms with Crippen molar-refractivity contribution < 1.29 is 0 Å². The summed E-state index contributed by atoms with van der Waals surface area (Å²) in [5, 5.41) is 0. The zero-order valence-electron chi connectivity index (χ0n) is 15.3. The van der Waals surface area contributed by atoms with Crippen molar-refractivity contribution in [1.82, 2.24) is 14.9 Å². The van der Waals surface area contributed by atoms with Gasteiger partial charge in [-0.2, -0.15) is 0 Å². The summed E-state index contributed by atoms with van der Waals surface area (Å²) >= 11 is 0. The number of pyridine rings is 1. The molecule has 0 spiro atoms. The molecule has 0 bridgehead atoms. The second kappa shape index (κ2) is 6.16. The SMILES string of the molecule is CC(C)c1c[nH]c2ccc(N3CC(C)N(C(C)C)CC3C)nc12. The predicted octanol–water partition coefficient (Wildman–Crippen LogP) is 3.99. The highest BCUT2D eigenvalue weighted by Gasteiger charge is 2.31. The summed E-state index contributed by atoms with van der Waals surface area (Å²) in [4.78, 5) is 13.4. The minimum atomic E-state index is 0.486. The average molecular weight is 314 g/mol. The van der Waals surface area contributed by atoms with E-state index in [1.54, 1.807) is 0 Å². The standard InChI is InChI=1S/C19H30N4/c1-12(2)16-9-20-17-7-8-18(21-19(16)17)23-11-14(5)22(13(3)4)10-15(23)6/h7-9,12-15,20H,10-11H2,1-6H3. The van der Waals surface area contributed by atoms with Crippen LogP contribution in [0.1, 0.15) is 53.0 Å². The molecule has 0 amide bonds. The first-order chi connectivity index (χ1) is 10.9. The van der Waals surface area contributed by atoms with Gasteiger partial charge in [-0.15, -0.1) is 0 Å². The van der Waals surface area contributed by atoms with Crippen LogP contribution in [0, 0.1) is 0 Å². The van der Waals surface area contributed by atoms with E-state index in [1.165, 1.54) is 5.56 Å². The Morgan fingerprint density at radius 2 is 1.83 bits per heavy atom. The van der Waals surface area contributed by atoms with E-state index in [9.17, 15) is 0 Å². The van der Waals surface area contributed by atoms with Crippen molar-refractivity contribution in [3.8, 4) is 0 Å². The van der Waals surface area contributed by atoms with Gasteiger partial charge < -0.3 is 9.88 Å². The number of hydrogen-bond donors (Lipinski definition) is 1. The highest BCUT2D eigenvalue weighted by atomic mass is 15.3. The summed E-state index contributed by atoms with van der Waals surface area (Å²) in [6, 6.07) is 5.98. The largest absolute Gasteiger partial charge is 0.360 e. The van der Waals surface area contributed by atoms with Gasteiger partial charge in [-0.05, 0) is 51.3 Å². The van der Waals surface area contributed by atoms with E-state index < -0.39 is 0 Å². The minimum absolute atomic E-state index is 0.486. The van der Waals surface area contributed by atoms with Gasteiger partial charge >= 0.3 is 0 Å². The number of nitrogens with zero attached hydrogens (tertiary/aromatic N) is 3. The van der Waals surface area contributed by atoms with Crippen LogP contribution >= 0.6 is 0 Å². The maximum absolute atomic E-state index is 5.01. The van der Waals surface area contributed by atoms with Gasteiger partial charge in [0.1, 0.15) is 5.82 Å². The molecule has 126 valence electrons. The van der Waals surface area contributed by atoms with Gasteiger partial charge in [-0.25, -0.2) is 4.98 Å². The highest BCUT2D eigenvalue weighted by molar-refractivity contribution is 5.81. The summed E-state index contributed by atoms with van der Waals surface area (Å²) < 4.78 is 0. The van der Waals surface area contributed by atoms with Crippen molar-refractivity contribution in [1.29, 1.82) is 0 Å². The van der Waals surface area contributed by atoms with Crippen molar-refractivity contribution in [2.75, 3.05) is 18.0 Å². The van der Waals surface area contributed by atoms with Crippen LogP contribution in [0.25, 0.3) is 11.0 Å². The Bertz CT molecular complexity index is 673. The van der Waals surface area contributed by atoms with E-state index in [0.29, 0.717) is 24.0 Å². The van der Waals surface area contributed by atoms with Crippen LogP contribution in [0.5, 0.6) is 0 Å². The number of nitrogens with one attached hydrogen (secondary N) is 1. The number of aromatic amines is 1. The second-order valence-corrected chi connectivity index (χ2v) is 7.61. The molecule has 4 heteroatoms. The molecule has 3 heterocycles. The Morgan fingerprint density at radius 1 is 1.09 bits per heavy atom. The van der Waals surface area contributed by atoms with E-state index >= 15 is 0 Å². The first kappa shape index (κ1) is 16.3. The average Bonchev–Trinajstić information content (AvgIpc) is 2.92. The molecule has 1 aliphatic rings. The minimum Gasteiger partial charge on any atom is -0.360 e. The van der Waals surface area contributed by atoms with Crippen LogP contribution in [-0.2, 0) is 0 Å². The van der Waals surface area contributed by atoms with Crippen LogP contribution in [0.3, 0.4) is 0 Å². The van der Waals surface area contributed by atoms with Crippen molar-refractivity contribution in [3.05, 3.63) is 23.9 Å². The summed E-state index contributed by atoms with van der Waals surface area (Å²) in [7, 11) is 0. The predicted molar refractivity (Wildman–Crippen MR) is 98.3 cm³/mol. The Labute approximate surface area is 139 Å². The molecule has 1 saturated heterocycles. The number of hydrogen-bond acceptors (Lipinski definition) is 3. The molecule has 3 rings (SSSR count). The molecule has 23 heavy (non-hydrogen) atoms. The summed E-state index contributed by atoms with van der Waals surface area (Å²) in [5.41, 5.74) is 3.57. The van der Waals surface area contributed by atoms with E-state index in [1.807, 2.05) is 0 Å². The van der Waals surface area contributed by atoms with Crippen molar-refractivity contribution >= 4 is 16.9 Å². The molecule has 2 unspecified atom stereocenters. The van der Waals surface area contributed by atoms with Gasteiger partial charge in [0.2, 0.25) is 0 Å². The Kier molecular flexibility index (Phi) is 4.37. The molecule has 4 nitrogen and oxygen atoms in total. The quantitative estimate of drug-likeness (QED) is 0.930. The fourth-order valence-electron chi connectivity index (χ4n) is 3.80. The number of anilines is 1. The zero-order chi connectivity index (χ0) is 16.7. The molecule has 2 aromatic rings. The lowest BCUT2D eigenvalue weighted by molar-refractivity contribution is 0.128. The van der Waals surface area contributed by atoms with Crippen LogP contribution in [0.15, 0.2) is 18.3 Å². The number of H-pyrrole nitrogens is 1. The molecule has 1 aliphatic heterocycles. The van der Waals surface area contributed by atoms with E-state index in [2.05, 4.69) is 74.7 Å². The number of rotatable bonds is 3. The van der Waals surface area contributed by atoms with E-state index in [-0.39, 0.29) is 0 Å². The summed E-state index contributed by atoms with van der Waals surface area (Å²) in [6.07, 6.45) is 2.11. The Balaban J connectivity index is 1.92. The zero-order valence-corrected chi connectivity index (χ0v) is 15.3. The highest BCUT2D eigenvalue weighted by Crippen LogP contribution is 2.28. The van der Waals surface area contributed by atoms with Crippen LogP contribution in [0.4, 0.5) is 5.82 Å². The molecule has 1 N–H and O–H groups in total. The molecule has 0 aromatic carbocycles. The van der Waals surface area contributed by atoms with Crippen molar-refractivity contribution in [2.45, 2.75) is 65.6 Å². The van der Waals surface area contributed by atoms with Gasteiger partial charge in [-0.3, -0.25) is 4.90 Å². The number of aromatic nitrogens is 2. The third kappa shape index (κ3) is 2.97. The molecule has 2 aromatic heterocycles. The molecular weight excluding hydrogens is 284 g/mol. The second-order valence-electron chi connectivity index (χ2n) is 7.61. The van der Waals surface area contributed by atoms with Crippen molar-refractivity contribution in [3.63, 3.8) is 0 Å². The van der Waals surface area contributed by atoms with Crippen LogP contribution < -0.4 is 4.90 Å². The third-order valence-electron chi connectivity index (χ3n) is 5.15. The first-order valence-electron chi connectivity index (χ1n) is 8.89. The van der Waals surface area contributed by atoms with Gasteiger partial charge in [0.15, 0.2) is 0 Å². The third-order valence-corrected chi connectivity index (χ3v) is 5.15. The van der Waals surface area contributed by atoms with Crippen LogP contribution in [-0.4, -0.2) is 46.1 Å². The lowest BCUT2D eigenvalue weighted by Gasteiger charge is -2.46. The van der Waals surface area contributed by atoms with Crippen LogP contribution in [0.2, 0.25) is 0 Å². The Morgan fingerprint density at radius 3 is 2.48 bits per heavy atom. The smallest absolute Gasteiger partial charge is 0.129 e. The summed E-state index contributed by atoms with van der Waals surface area (Å²) in [5.74, 6) is 1.60. The van der Waals surface area contributed by atoms with Gasteiger partial charge in [0.05, 0.1) is 11.0 Å². The molecule has 2 atom stereocenters. The lowest BCUT2D eigenvalue weighted by Crippen LogP contribution is -2.58. The normalized spacial score (nSPS) is 23.4. The monoisotopic (exact) mass is 314 g/mol. The molecule has 1 fully saturated rings. The fourth-order valence-corrected chi connectivity index (χ4v) is 3.80. The van der Waals surface area contributed by atoms with E-state index in [0.717, 1.165) is 29.9 Å². The molecule has 0 saturated carbocycles. The molecule has 0 radical (unpaired) electrons. The van der Waals surface area contributed by atoms with Gasteiger partial charge in [0.25, 0.3) is 0 Å². The topological polar surface area (TPSA) is 35.2 Å². The lowest BCUT2D eigenvalue weighted by atomic mass is 10.0. The molecule has 0 aliphatic carbocycles. The number of piperazine rings is 1. The maximum Gasteiger partial charge on any atom is 0.129 e. The Hall–Kier alpha value is -1.55. The first-order valence-corrected chi connectivity index (χ1v) is 8.89. The van der Waals surface area contributed by atoms with Gasteiger partial charge in [0, 0.05) is 37.4 Å². The molecular formula is C19H30N4. The maximum atomic E-state index is 5.01. The summed E-state index contributed by atoms with van der Waals surface area (Å²) in [6.45, 7) is 15.8. The van der Waals surface area contributed by atoms with Crippen molar-refractivity contribution in [2.24, 2.45) is 0 Å². The van der Waals surface area contributed by atoms with Gasteiger partial charge in [-0.1, -0.05) is 13.8 Å².